The lowest BCUT2D eigenvalue weighted by molar-refractivity contribution is 0.0929. The van der Waals surface area contributed by atoms with Gasteiger partial charge in [-0.15, -0.1) is 0 Å². The molecular weight excluding hydrogens is 354 g/mol. The highest BCUT2D eigenvalue weighted by molar-refractivity contribution is 6.04. The van der Waals surface area contributed by atoms with Crippen LogP contribution in [0.2, 0.25) is 0 Å². The van der Waals surface area contributed by atoms with E-state index < -0.39 is 11.6 Å². The third-order valence-electron chi connectivity index (χ3n) is 4.65. The molecule has 2 N–H and O–H groups in total. The van der Waals surface area contributed by atoms with Gasteiger partial charge < -0.3 is 15.0 Å². The van der Waals surface area contributed by atoms with Gasteiger partial charge in [-0.3, -0.25) is 4.79 Å². The number of rotatable bonds is 4. The van der Waals surface area contributed by atoms with Gasteiger partial charge in [-0.2, -0.15) is 0 Å². The number of amides is 1. The number of halogens is 2. The molecule has 1 saturated carbocycles. The maximum Gasteiger partial charge on any atom is 0.255 e. The Morgan fingerprint density at radius 2 is 2.04 bits per heavy atom. The number of nitrogens with one attached hydrogen (secondary N) is 2. The van der Waals surface area contributed by atoms with Crippen molar-refractivity contribution >= 4 is 17.1 Å². The first-order valence-electron chi connectivity index (χ1n) is 8.88. The van der Waals surface area contributed by atoms with Gasteiger partial charge >= 0.3 is 0 Å². The van der Waals surface area contributed by atoms with E-state index in [0.717, 1.165) is 37.8 Å². The van der Waals surface area contributed by atoms with Gasteiger partial charge in [-0.25, -0.2) is 18.7 Å². The van der Waals surface area contributed by atoms with Crippen LogP contribution in [0, 0.1) is 11.6 Å². The number of hydrogen-bond donors (Lipinski definition) is 2. The Labute approximate surface area is 154 Å². The van der Waals surface area contributed by atoms with Gasteiger partial charge in [0.15, 0.2) is 17.2 Å². The second-order valence-corrected chi connectivity index (χ2v) is 6.59. The molecule has 4 rings (SSSR count). The topological polar surface area (TPSA) is 79.9 Å². The number of aromatic amines is 1. The second-order valence-electron chi connectivity index (χ2n) is 6.59. The molecule has 0 radical (unpaired) electrons. The summed E-state index contributed by atoms with van der Waals surface area (Å²) in [5, 5.41) is 3.03. The molecule has 27 heavy (non-hydrogen) atoms. The second kappa shape index (κ2) is 7.30. The van der Waals surface area contributed by atoms with E-state index in [0.29, 0.717) is 16.7 Å². The molecular formula is C19H18F2N4O2. The molecule has 1 aliphatic rings. The first-order chi connectivity index (χ1) is 13.1. The van der Waals surface area contributed by atoms with Gasteiger partial charge in [0.25, 0.3) is 5.91 Å². The van der Waals surface area contributed by atoms with Crippen LogP contribution in [0.4, 0.5) is 8.78 Å². The molecule has 1 fully saturated rings. The normalized spacial score (nSPS) is 15.0. The zero-order valence-corrected chi connectivity index (χ0v) is 14.5. The summed E-state index contributed by atoms with van der Waals surface area (Å²) in [5.74, 6) is -1.93. The van der Waals surface area contributed by atoms with Crippen LogP contribution < -0.4 is 10.1 Å². The summed E-state index contributed by atoms with van der Waals surface area (Å²) >= 11 is 0. The zero-order valence-electron chi connectivity index (χ0n) is 14.5. The highest BCUT2D eigenvalue weighted by Gasteiger charge is 2.20. The maximum atomic E-state index is 13.8. The minimum atomic E-state index is -0.846. The lowest BCUT2D eigenvalue weighted by Crippen LogP contribution is -2.36. The molecule has 0 bridgehead atoms. The van der Waals surface area contributed by atoms with E-state index in [4.69, 9.17) is 4.74 Å². The molecule has 140 valence electrons. The fourth-order valence-corrected chi connectivity index (χ4v) is 3.28. The molecule has 2 heterocycles. The third-order valence-corrected chi connectivity index (χ3v) is 4.65. The molecule has 0 unspecified atom stereocenters. The van der Waals surface area contributed by atoms with E-state index in [2.05, 4.69) is 20.3 Å². The average Bonchev–Trinajstić information content (AvgIpc) is 3.08. The van der Waals surface area contributed by atoms with E-state index in [1.165, 1.54) is 18.7 Å². The van der Waals surface area contributed by atoms with Gasteiger partial charge in [-0.1, -0.05) is 19.3 Å². The Hall–Kier alpha value is -3.03. The number of H-pyrrole nitrogens is 1. The number of ether oxygens (including phenoxy) is 1. The average molecular weight is 372 g/mol. The van der Waals surface area contributed by atoms with Gasteiger partial charge in [-0.05, 0) is 25.0 Å². The summed E-state index contributed by atoms with van der Waals surface area (Å²) in [6.07, 6.45) is 8.22. The predicted molar refractivity (Wildman–Crippen MR) is 94.7 cm³/mol. The number of carbonyl (C=O) groups excluding carboxylic acids is 1. The molecule has 3 aromatic rings. The fraction of sp³-hybridized carbons (Fsp3) is 0.316. The fourth-order valence-electron chi connectivity index (χ4n) is 3.28. The van der Waals surface area contributed by atoms with Gasteiger partial charge in [0.05, 0.1) is 11.8 Å². The van der Waals surface area contributed by atoms with Gasteiger partial charge in [0.2, 0.25) is 5.88 Å². The predicted octanol–water partition coefficient (Wildman–Crippen LogP) is 4.09. The Kier molecular flexibility index (Phi) is 4.70. The summed E-state index contributed by atoms with van der Waals surface area (Å²) in [7, 11) is 0. The van der Waals surface area contributed by atoms with Gasteiger partial charge in [0, 0.05) is 18.3 Å². The van der Waals surface area contributed by atoms with E-state index in [-0.39, 0.29) is 23.6 Å². The molecule has 1 aliphatic carbocycles. The van der Waals surface area contributed by atoms with Crippen molar-refractivity contribution in [2.75, 3.05) is 0 Å². The van der Waals surface area contributed by atoms with Crippen molar-refractivity contribution in [2.24, 2.45) is 0 Å². The summed E-state index contributed by atoms with van der Waals surface area (Å²) in [4.78, 5) is 23.9. The van der Waals surface area contributed by atoms with Crippen molar-refractivity contribution in [3.05, 3.63) is 47.8 Å². The van der Waals surface area contributed by atoms with Crippen molar-refractivity contribution in [2.45, 2.75) is 38.1 Å². The number of fused-ring (bicyclic) bond motifs is 1. The molecule has 8 heteroatoms. The van der Waals surface area contributed by atoms with E-state index in [1.54, 1.807) is 6.20 Å². The lowest BCUT2D eigenvalue weighted by atomic mass is 9.95. The Bertz CT molecular complexity index is 983. The van der Waals surface area contributed by atoms with Crippen LogP contribution in [0.1, 0.15) is 42.5 Å². The van der Waals surface area contributed by atoms with Gasteiger partial charge in [0.1, 0.15) is 11.3 Å². The molecule has 1 aromatic carbocycles. The van der Waals surface area contributed by atoms with Crippen LogP contribution in [0.15, 0.2) is 30.6 Å². The van der Waals surface area contributed by atoms with Crippen LogP contribution in [-0.4, -0.2) is 26.9 Å². The lowest BCUT2D eigenvalue weighted by Gasteiger charge is -2.22. The number of aromatic nitrogens is 3. The minimum absolute atomic E-state index is 0.0133. The summed E-state index contributed by atoms with van der Waals surface area (Å²) < 4.78 is 32.2. The first-order valence-corrected chi connectivity index (χ1v) is 8.88. The summed E-state index contributed by atoms with van der Waals surface area (Å²) in [6.45, 7) is 0. The van der Waals surface area contributed by atoms with Crippen LogP contribution in [0.25, 0.3) is 11.2 Å². The molecule has 1 amide bonds. The quantitative estimate of drug-likeness (QED) is 0.723. The Morgan fingerprint density at radius 1 is 1.22 bits per heavy atom. The van der Waals surface area contributed by atoms with Crippen molar-refractivity contribution in [1.29, 1.82) is 0 Å². The Morgan fingerprint density at radius 3 is 2.81 bits per heavy atom. The highest BCUT2D eigenvalue weighted by atomic mass is 19.1. The standard InChI is InChI=1S/C19H18F2N4O2/c20-11-6-7-15(14(21)8-11)27-16-10-23-18-17(25-16)13(9-22-18)19(26)24-12-4-2-1-3-5-12/h6-10,12H,1-5H2,(H,22,23)(H,24,26). The summed E-state index contributed by atoms with van der Waals surface area (Å²) in [5.41, 5.74) is 1.12. The van der Waals surface area contributed by atoms with Crippen LogP contribution in [0.5, 0.6) is 11.6 Å². The molecule has 0 aliphatic heterocycles. The van der Waals surface area contributed by atoms with Crippen LogP contribution in [0.3, 0.4) is 0 Å². The molecule has 2 aromatic heterocycles. The SMILES string of the molecule is O=C(NC1CCCCC1)c1c[nH]c2ncc(Oc3ccc(F)cc3F)nc12. The van der Waals surface area contributed by atoms with Crippen LogP contribution in [-0.2, 0) is 0 Å². The van der Waals surface area contributed by atoms with E-state index >= 15 is 0 Å². The number of carbonyl (C=O) groups is 1. The molecule has 0 saturated heterocycles. The van der Waals surface area contributed by atoms with Crippen LogP contribution >= 0.6 is 0 Å². The van der Waals surface area contributed by atoms with Crippen molar-refractivity contribution in [1.82, 2.24) is 20.3 Å². The zero-order chi connectivity index (χ0) is 18.8. The first kappa shape index (κ1) is 17.4. The number of benzene rings is 1. The van der Waals surface area contributed by atoms with E-state index in [9.17, 15) is 13.6 Å². The molecule has 6 nitrogen and oxygen atoms in total. The van der Waals surface area contributed by atoms with Crippen molar-refractivity contribution in [3.63, 3.8) is 0 Å². The van der Waals surface area contributed by atoms with E-state index in [1.807, 2.05) is 0 Å². The number of nitrogens with zero attached hydrogens (tertiary/aromatic N) is 2. The highest BCUT2D eigenvalue weighted by Crippen LogP contribution is 2.25. The number of hydrogen-bond acceptors (Lipinski definition) is 4. The monoisotopic (exact) mass is 372 g/mol. The molecule has 0 spiro atoms. The summed E-state index contributed by atoms with van der Waals surface area (Å²) in [6, 6.07) is 3.14. The van der Waals surface area contributed by atoms with Crippen molar-refractivity contribution in [3.8, 4) is 11.6 Å². The Balaban J connectivity index is 1.57. The third kappa shape index (κ3) is 3.74. The maximum absolute atomic E-state index is 13.8. The minimum Gasteiger partial charge on any atom is -0.434 e. The molecule has 0 atom stereocenters. The van der Waals surface area contributed by atoms with Crippen molar-refractivity contribution < 1.29 is 18.3 Å². The largest absolute Gasteiger partial charge is 0.434 e. The smallest absolute Gasteiger partial charge is 0.255 e.